The van der Waals surface area contributed by atoms with Crippen LogP contribution in [-0.4, -0.2) is 60.1 Å². The number of amides is 2. The predicted octanol–water partition coefficient (Wildman–Crippen LogP) is 4.14. The van der Waals surface area contributed by atoms with Crippen LogP contribution in [0.15, 0.2) is 42.5 Å². The second kappa shape index (κ2) is 13.1. The molecule has 0 aliphatic carbocycles. The molecule has 0 bridgehead atoms. The van der Waals surface area contributed by atoms with E-state index in [4.69, 9.17) is 14.5 Å². The first kappa shape index (κ1) is 26.5. The standard InChI is InChI=1S/C29H38N4O4/c1-36-25-14-13-22(20-26(25)37-2)21-28(34)30-16-9-12-27-31-23-10-5-6-11-24(23)33(27)19-15-29(35)32-17-7-3-4-8-18-32/h5-6,10-11,13-14,20H,3-4,7-9,12,15-19,21H2,1-2H3,(H,30,34). The number of carbonyl (C=O) groups is 2. The van der Waals surface area contributed by atoms with Crippen molar-refractivity contribution in [1.29, 1.82) is 0 Å². The van der Waals surface area contributed by atoms with Gasteiger partial charge >= 0.3 is 0 Å². The van der Waals surface area contributed by atoms with Crippen molar-refractivity contribution in [3.8, 4) is 11.5 Å². The van der Waals surface area contributed by atoms with E-state index in [-0.39, 0.29) is 18.2 Å². The van der Waals surface area contributed by atoms with Crippen molar-refractivity contribution in [2.75, 3.05) is 33.9 Å². The highest BCUT2D eigenvalue weighted by molar-refractivity contribution is 5.79. The van der Waals surface area contributed by atoms with Gasteiger partial charge in [-0.1, -0.05) is 31.0 Å². The number of imidazole rings is 1. The lowest BCUT2D eigenvalue weighted by Gasteiger charge is -2.20. The number of aromatic nitrogens is 2. The van der Waals surface area contributed by atoms with E-state index in [1.807, 2.05) is 41.3 Å². The van der Waals surface area contributed by atoms with Crippen LogP contribution in [0.4, 0.5) is 0 Å². The Kier molecular flexibility index (Phi) is 9.40. The normalized spacial score (nSPS) is 13.8. The van der Waals surface area contributed by atoms with Crippen molar-refractivity contribution in [3.63, 3.8) is 0 Å². The average Bonchev–Trinajstić information content (AvgIpc) is 3.06. The van der Waals surface area contributed by atoms with E-state index in [0.717, 1.165) is 61.2 Å². The molecule has 37 heavy (non-hydrogen) atoms. The molecule has 4 rings (SSSR count). The van der Waals surface area contributed by atoms with Crippen molar-refractivity contribution in [1.82, 2.24) is 19.8 Å². The molecule has 8 heteroatoms. The van der Waals surface area contributed by atoms with E-state index in [9.17, 15) is 9.59 Å². The Morgan fingerprint density at radius 1 is 0.973 bits per heavy atom. The summed E-state index contributed by atoms with van der Waals surface area (Å²) < 4.78 is 12.8. The molecule has 2 heterocycles. The van der Waals surface area contributed by atoms with Crippen LogP contribution in [0.25, 0.3) is 11.0 Å². The van der Waals surface area contributed by atoms with E-state index in [2.05, 4.69) is 16.0 Å². The minimum absolute atomic E-state index is 0.0382. The van der Waals surface area contributed by atoms with Gasteiger partial charge in [-0.25, -0.2) is 4.98 Å². The molecule has 0 saturated carbocycles. The van der Waals surface area contributed by atoms with Gasteiger partial charge in [0, 0.05) is 39.0 Å². The molecule has 2 amide bonds. The molecule has 2 aromatic carbocycles. The Bertz CT molecular complexity index is 1200. The summed E-state index contributed by atoms with van der Waals surface area (Å²) in [6, 6.07) is 13.6. The SMILES string of the molecule is COc1ccc(CC(=O)NCCCc2nc3ccccc3n2CCC(=O)N2CCCCCC2)cc1OC. The number of ether oxygens (including phenoxy) is 2. The molecule has 0 unspecified atom stereocenters. The number of nitrogens with zero attached hydrogens (tertiary/aromatic N) is 3. The third-order valence-electron chi connectivity index (χ3n) is 6.95. The predicted molar refractivity (Wildman–Crippen MR) is 144 cm³/mol. The first-order chi connectivity index (χ1) is 18.1. The topological polar surface area (TPSA) is 85.7 Å². The van der Waals surface area contributed by atoms with Crippen molar-refractivity contribution in [2.24, 2.45) is 0 Å². The molecule has 8 nitrogen and oxygen atoms in total. The Morgan fingerprint density at radius 2 is 1.73 bits per heavy atom. The minimum atomic E-state index is -0.0382. The van der Waals surface area contributed by atoms with Gasteiger partial charge in [0.05, 0.1) is 31.7 Å². The number of benzene rings is 2. The zero-order valence-corrected chi connectivity index (χ0v) is 22.0. The van der Waals surface area contributed by atoms with Gasteiger partial charge in [-0.05, 0) is 49.1 Å². The van der Waals surface area contributed by atoms with E-state index >= 15 is 0 Å². The fourth-order valence-electron chi connectivity index (χ4n) is 4.96. The van der Waals surface area contributed by atoms with Crippen molar-refractivity contribution >= 4 is 22.8 Å². The number of carbonyl (C=O) groups excluding carboxylic acids is 2. The number of aryl methyl sites for hydroxylation is 2. The summed E-state index contributed by atoms with van der Waals surface area (Å²) in [5, 5.41) is 3.01. The van der Waals surface area contributed by atoms with Gasteiger partial charge in [-0.2, -0.15) is 0 Å². The highest BCUT2D eigenvalue weighted by Crippen LogP contribution is 2.27. The van der Waals surface area contributed by atoms with E-state index in [1.54, 1.807) is 14.2 Å². The molecule has 1 aromatic heterocycles. The maximum absolute atomic E-state index is 12.9. The van der Waals surface area contributed by atoms with Gasteiger partial charge in [0.1, 0.15) is 5.82 Å². The van der Waals surface area contributed by atoms with E-state index < -0.39 is 0 Å². The highest BCUT2D eigenvalue weighted by atomic mass is 16.5. The van der Waals surface area contributed by atoms with Gasteiger partial charge in [-0.3, -0.25) is 9.59 Å². The molecule has 1 aliphatic rings. The summed E-state index contributed by atoms with van der Waals surface area (Å²) in [6.45, 7) is 2.93. The van der Waals surface area contributed by atoms with Gasteiger partial charge < -0.3 is 24.3 Å². The zero-order valence-electron chi connectivity index (χ0n) is 22.0. The highest BCUT2D eigenvalue weighted by Gasteiger charge is 2.17. The third-order valence-corrected chi connectivity index (χ3v) is 6.95. The molecule has 1 N–H and O–H groups in total. The zero-order chi connectivity index (χ0) is 26.0. The lowest BCUT2D eigenvalue weighted by atomic mass is 10.1. The van der Waals surface area contributed by atoms with Crippen LogP contribution in [0.1, 0.15) is 49.9 Å². The fraction of sp³-hybridized carbons (Fsp3) is 0.483. The van der Waals surface area contributed by atoms with Gasteiger partial charge in [0.15, 0.2) is 11.5 Å². The van der Waals surface area contributed by atoms with Crippen molar-refractivity contribution in [3.05, 3.63) is 53.9 Å². The number of hydrogen-bond acceptors (Lipinski definition) is 5. The van der Waals surface area contributed by atoms with Gasteiger partial charge in [0.2, 0.25) is 11.8 Å². The molecule has 1 aliphatic heterocycles. The number of rotatable bonds is 11. The Morgan fingerprint density at radius 3 is 2.49 bits per heavy atom. The number of nitrogens with one attached hydrogen (secondary N) is 1. The number of hydrogen-bond donors (Lipinski definition) is 1. The van der Waals surface area contributed by atoms with Crippen molar-refractivity contribution in [2.45, 2.75) is 57.9 Å². The van der Waals surface area contributed by atoms with Crippen LogP contribution in [0, 0.1) is 0 Å². The molecule has 0 atom stereocenters. The van der Waals surface area contributed by atoms with Gasteiger partial charge in [0.25, 0.3) is 0 Å². The number of likely N-dealkylation sites (tertiary alicyclic amines) is 1. The minimum Gasteiger partial charge on any atom is -0.493 e. The monoisotopic (exact) mass is 506 g/mol. The molecule has 0 spiro atoms. The number of para-hydroxylation sites is 2. The lowest BCUT2D eigenvalue weighted by molar-refractivity contribution is -0.131. The van der Waals surface area contributed by atoms with Crippen LogP contribution < -0.4 is 14.8 Å². The van der Waals surface area contributed by atoms with Crippen LogP contribution in [0.2, 0.25) is 0 Å². The van der Waals surface area contributed by atoms with Crippen LogP contribution >= 0.6 is 0 Å². The molecular formula is C29H38N4O4. The Labute approximate surface area is 219 Å². The molecule has 1 fully saturated rings. The van der Waals surface area contributed by atoms with E-state index in [0.29, 0.717) is 31.0 Å². The Balaban J connectivity index is 1.31. The summed E-state index contributed by atoms with van der Waals surface area (Å²) >= 11 is 0. The lowest BCUT2D eigenvalue weighted by Crippen LogP contribution is -2.32. The number of fused-ring (bicyclic) bond motifs is 1. The second-order valence-electron chi connectivity index (χ2n) is 9.53. The molecule has 0 radical (unpaired) electrons. The quantitative estimate of drug-likeness (QED) is 0.395. The van der Waals surface area contributed by atoms with Crippen molar-refractivity contribution < 1.29 is 19.1 Å². The molecular weight excluding hydrogens is 468 g/mol. The maximum Gasteiger partial charge on any atom is 0.224 e. The average molecular weight is 507 g/mol. The summed E-state index contributed by atoms with van der Waals surface area (Å²) in [5.74, 6) is 2.40. The maximum atomic E-state index is 12.9. The summed E-state index contributed by atoms with van der Waals surface area (Å²) in [7, 11) is 3.17. The van der Waals surface area contributed by atoms with Crippen LogP contribution in [0.5, 0.6) is 11.5 Å². The smallest absolute Gasteiger partial charge is 0.224 e. The Hall–Kier alpha value is -3.55. The van der Waals surface area contributed by atoms with Crippen LogP contribution in [0.3, 0.4) is 0 Å². The third kappa shape index (κ3) is 7.02. The molecule has 198 valence electrons. The molecule has 3 aromatic rings. The largest absolute Gasteiger partial charge is 0.493 e. The first-order valence-corrected chi connectivity index (χ1v) is 13.3. The van der Waals surface area contributed by atoms with E-state index in [1.165, 1.54) is 12.8 Å². The molecule has 1 saturated heterocycles. The summed E-state index contributed by atoms with van der Waals surface area (Å²) in [5.41, 5.74) is 2.86. The number of methoxy groups -OCH3 is 2. The van der Waals surface area contributed by atoms with Gasteiger partial charge in [-0.15, -0.1) is 0 Å². The summed E-state index contributed by atoms with van der Waals surface area (Å²) in [4.78, 5) is 32.2. The second-order valence-corrected chi connectivity index (χ2v) is 9.53. The first-order valence-electron chi connectivity index (χ1n) is 13.3. The van der Waals surface area contributed by atoms with Crippen LogP contribution in [-0.2, 0) is 29.0 Å². The fourth-order valence-corrected chi connectivity index (χ4v) is 4.96. The summed E-state index contributed by atoms with van der Waals surface area (Å²) in [6.07, 6.45) is 6.87.